The first-order valence-electron chi connectivity index (χ1n) is 6.83. The van der Waals surface area contributed by atoms with Crippen LogP contribution in [0.1, 0.15) is 11.3 Å². The van der Waals surface area contributed by atoms with Crippen LogP contribution in [0.25, 0.3) is 16.8 Å². The number of carbonyl (C=O) groups is 1. The van der Waals surface area contributed by atoms with E-state index >= 15 is 0 Å². The van der Waals surface area contributed by atoms with Crippen LogP contribution in [0.4, 0.5) is 0 Å². The zero-order chi connectivity index (χ0) is 15.7. The number of hydrogen-bond acceptors (Lipinski definition) is 4. The predicted octanol–water partition coefficient (Wildman–Crippen LogP) is 1.71. The van der Waals surface area contributed by atoms with E-state index in [-0.39, 0.29) is 12.0 Å². The monoisotopic (exact) mass is 297 g/mol. The van der Waals surface area contributed by atoms with Gasteiger partial charge in [0.1, 0.15) is 0 Å². The molecule has 2 heterocycles. The number of methoxy groups -OCH3 is 1. The molecular weight excluding hydrogens is 282 g/mol. The van der Waals surface area contributed by atoms with Crippen LogP contribution in [0.15, 0.2) is 41.3 Å². The normalized spacial score (nSPS) is 10.8. The lowest BCUT2D eigenvalue weighted by Crippen LogP contribution is -2.24. The molecule has 0 fully saturated rings. The number of carbonyl (C=O) groups excluding carboxylic acids is 1. The van der Waals surface area contributed by atoms with Crippen molar-refractivity contribution in [3.63, 3.8) is 0 Å². The highest BCUT2D eigenvalue weighted by atomic mass is 16.5. The Morgan fingerprint density at radius 3 is 2.73 bits per heavy atom. The number of hydrogen-bond donors (Lipinski definition) is 1. The highest BCUT2D eigenvalue weighted by Crippen LogP contribution is 2.22. The number of fused-ring (bicyclic) bond motifs is 1. The Kier molecular flexibility index (Phi) is 3.50. The van der Waals surface area contributed by atoms with Gasteiger partial charge >= 0.3 is 5.97 Å². The van der Waals surface area contributed by atoms with E-state index < -0.39 is 5.97 Å². The number of aromatic amines is 1. The second kappa shape index (κ2) is 5.48. The molecule has 6 nitrogen and oxygen atoms in total. The number of ether oxygens (including phenoxy) is 1. The molecule has 1 aromatic carbocycles. The fourth-order valence-corrected chi connectivity index (χ4v) is 2.41. The van der Waals surface area contributed by atoms with Crippen molar-refractivity contribution in [3.8, 4) is 11.1 Å². The summed E-state index contributed by atoms with van der Waals surface area (Å²) in [4.78, 5) is 28.5. The molecule has 0 atom stereocenters. The van der Waals surface area contributed by atoms with Crippen molar-refractivity contribution in [2.24, 2.45) is 0 Å². The van der Waals surface area contributed by atoms with E-state index in [9.17, 15) is 9.59 Å². The fraction of sp³-hybridized carbons (Fsp3) is 0.188. The molecule has 0 bridgehead atoms. The van der Waals surface area contributed by atoms with E-state index in [1.54, 1.807) is 13.1 Å². The molecule has 0 saturated heterocycles. The summed E-state index contributed by atoms with van der Waals surface area (Å²) >= 11 is 0. The largest absolute Gasteiger partial charge is 0.469 e. The van der Waals surface area contributed by atoms with Gasteiger partial charge in [0.25, 0.3) is 5.56 Å². The van der Waals surface area contributed by atoms with Crippen LogP contribution < -0.4 is 5.56 Å². The van der Waals surface area contributed by atoms with Crippen molar-refractivity contribution in [2.45, 2.75) is 13.3 Å². The SMILES string of the molecule is COC(=O)Cc1c(C)nc2c(-c3ccccc3)c[nH]n2c1=O. The summed E-state index contributed by atoms with van der Waals surface area (Å²) in [6.07, 6.45) is 1.65. The maximum Gasteiger partial charge on any atom is 0.310 e. The van der Waals surface area contributed by atoms with Gasteiger partial charge in [0.2, 0.25) is 0 Å². The van der Waals surface area contributed by atoms with Crippen LogP contribution in [0.5, 0.6) is 0 Å². The molecule has 0 spiro atoms. The van der Waals surface area contributed by atoms with Crippen molar-refractivity contribution in [1.82, 2.24) is 14.6 Å². The van der Waals surface area contributed by atoms with Gasteiger partial charge in [-0.15, -0.1) is 0 Å². The third-order valence-electron chi connectivity index (χ3n) is 3.60. The van der Waals surface area contributed by atoms with Gasteiger partial charge in [0.05, 0.1) is 19.1 Å². The van der Waals surface area contributed by atoms with E-state index in [1.165, 1.54) is 11.6 Å². The van der Waals surface area contributed by atoms with E-state index in [0.29, 0.717) is 16.9 Å². The molecule has 3 aromatic rings. The second-order valence-corrected chi connectivity index (χ2v) is 4.95. The molecule has 3 rings (SSSR count). The number of nitrogens with one attached hydrogen (secondary N) is 1. The lowest BCUT2D eigenvalue weighted by Gasteiger charge is -2.05. The van der Waals surface area contributed by atoms with E-state index in [2.05, 4.69) is 14.8 Å². The molecule has 6 heteroatoms. The number of aryl methyl sites for hydroxylation is 1. The average Bonchev–Trinajstić information content (AvgIpc) is 2.95. The first-order valence-corrected chi connectivity index (χ1v) is 6.83. The van der Waals surface area contributed by atoms with Crippen LogP contribution >= 0.6 is 0 Å². The third kappa shape index (κ3) is 2.28. The van der Waals surface area contributed by atoms with Gasteiger partial charge in [-0.05, 0) is 12.5 Å². The number of nitrogens with zero attached hydrogens (tertiary/aromatic N) is 2. The fourth-order valence-electron chi connectivity index (χ4n) is 2.41. The van der Waals surface area contributed by atoms with Gasteiger partial charge in [0.15, 0.2) is 5.65 Å². The molecule has 0 amide bonds. The first kappa shape index (κ1) is 14.1. The molecule has 0 unspecified atom stereocenters. The van der Waals surface area contributed by atoms with Crippen LogP contribution in [-0.2, 0) is 16.0 Å². The van der Waals surface area contributed by atoms with Gasteiger partial charge < -0.3 is 4.74 Å². The predicted molar refractivity (Wildman–Crippen MR) is 81.7 cm³/mol. The summed E-state index contributed by atoms with van der Waals surface area (Å²) < 4.78 is 5.98. The summed E-state index contributed by atoms with van der Waals surface area (Å²) in [6.45, 7) is 1.72. The molecule has 2 aromatic heterocycles. The van der Waals surface area contributed by atoms with E-state index in [0.717, 1.165) is 11.1 Å². The molecule has 112 valence electrons. The maximum atomic E-state index is 12.5. The van der Waals surface area contributed by atoms with Crippen LogP contribution in [0.2, 0.25) is 0 Å². The molecule has 0 aliphatic carbocycles. The minimum absolute atomic E-state index is 0.0865. The summed E-state index contributed by atoms with van der Waals surface area (Å²) in [7, 11) is 1.30. The van der Waals surface area contributed by atoms with Crippen molar-refractivity contribution >= 4 is 11.6 Å². The number of benzene rings is 1. The van der Waals surface area contributed by atoms with Gasteiger partial charge in [-0.2, -0.15) is 0 Å². The molecule has 22 heavy (non-hydrogen) atoms. The summed E-state index contributed by atoms with van der Waals surface area (Å²) in [5.74, 6) is -0.461. The Labute approximate surface area is 126 Å². The minimum atomic E-state index is -0.461. The Balaban J connectivity index is 2.19. The molecule has 0 saturated carbocycles. The summed E-state index contributed by atoms with van der Waals surface area (Å²) in [6, 6.07) is 9.68. The van der Waals surface area contributed by atoms with Crippen LogP contribution in [-0.4, -0.2) is 27.7 Å². The number of rotatable bonds is 3. The Morgan fingerprint density at radius 2 is 2.05 bits per heavy atom. The Hall–Kier alpha value is -2.89. The van der Waals surface area contributed by atoms with Gasteiger partial charge in [-0.1, -0.05) is 30.3 Å². The lowest BCUT2D eigenvalue weighted by molar-refractivity contribution is -0.139. The standard InChI is InChI=1S/C16H15N3O3/c1-10-12(8-14(20)22-2)16(21)19-15(18-10)13(9-17-19)11-6-4-3-5-7-11/h3-7,9,17H,8H2,1-2H3. The number of aromatic nitrogens is 3. The zero-order valence-electron chi connectivity index (χ0n) is 12.3. The molecule has 0 aliphatic heterocycles. The van der Waals surface area contributed by atoms with Gasteiger partial charge in [-0.25, -0.2) is 9.50 Å². The quantitative estimate of drug-likeness (QED) is 0.747. The minimum Gasteiger partial charge on any atom is -0.469 e. The molecule has 0 aliphatic rings. The van der Waals surface area contributed by atoms with E-state index in [4.69, 9.17) is 0 Å². The maximum absolute atomic E-state index is 12.5. The Bertz CT molecular complexity index is 894. The molecule has 0 radical (unpaired) electrons. The molecule has 1 N–H and O–H groups in total. The van der Waals surface area contributed by atoms with Crippen molar-refractivity contribution in [1.29, 1.82) is 0 Å². The van der Waals surface area contributed by atoms with Gasteiger partial charge in [-0.3, -0.25) is 14.7 Å². The zero-order valence-corrected chi connectivity index (χ0v) is 12.3. The van der Waals surface area contributed by atoms with Crippen molar-refractivity contribution in [2.75, 3.05) is 7.11 Å². The summed E-state index contributed by atoms with van der Waals surface area (Å²) in [5, 5.41) is 2.90. The van der Waals surface area contributed by atoms with Crippen LogP contribution in [0.3, 0.4) is 0 Å². The smallest absolute Gasteiger partial charge is 0.310 e. The highest BCUT2D eigenvalue weighted by molar-refractivity contribution is 5.77. The first-order chi connectivity index (χ1) is 10.6. The number of H-pyrrole nitrogens is 1. The van der Waals surface area contributed by atoms with E-state index in [1.807, 2.05) is 30.3 Å². The highest BCUT2D eigenvalue weighted by Gasteiger charge is 2.17. The van der Waals surface area contributed by atoms with Crippen LogP contribution in [0, 0.1) is 6.92 Å². The van der Waals surface area contributed by atoms with Crippen molar-refractivity contribution in [3.05, 3.63) is 58.1 Å². The Morgan fingerprint density at radius 1 is 1.32 bits per heavy atom. The van der Waals surface area contributed by atoms with Crippen molar-refractivity contribution < 1.29 is 9.53 Å². The number of esters is 1. The second-order valence-electron chi connectivity index (χ2n) is 4.95. The van der Waals surface area contributed by atoms with Gasteiger partial charge in [0, 0.05) is 17.5 Å². The summed E-state index contributed by atoms with van der Waals surface area (Å²) in [5.41, 5.74) is 2.94. The molecular formula is C16H15N3O3. The topological polar surface area (TPSA) is 76.5 Å². The third-order valence-corrected chi connectivity index (χ3v) is 3.60. The lowest BCUT2D eigenvalue weighted by atomic mass is 10.1. The average molecular weight is 297 g/mol.